The summed E-state index contributed by atoms with van der Waals surface area (Å²) in [6.07, 6.45) is 0.754. The maximum Gasteiger partial charge on any atom is 0.243 e. The summed E-state index contributed by atoms with van der Waals surface area (Å²) < 4.78 is 31.7. The molecule has 160 valence electrons. The monoisotopic (exact) mass is 425 g/mol. The average Bonchev–Trinajstić information content (AvgIpc) is 2.72. The van der Waals surface area contributed by atoms with Crippen molar-refractivity contribution in [3.63, 3.8) is 0 Å². The van der Waals surface area contributed by atoms with E-state index >= 15 is 0 Å². The summed E-state index contributed by atoms with van der Waals surface area (Å²) in [5, 5.41) is 5.20. The van der Waals surface area contributed by atoms with E-state index in [0.29, 0.717) is 31.6 Å². The van der Waals surface area contributed by atoms with E-state index in [4.69, 9.17) is 4.74 Å². The molecule has 0 saturated carbocycles. The van der Waals surface area contributed by atoms with Crippen LogP contribution in [0, 0.1) is 5.92 Å². The Labute approximate surface area is 170 Å². The van der Waals surface area contributed by atoms with Crippen molar-refractivity contribution in [3.8, 4) is 0 Å². The molecule has 10 heteroatoms. The van der Waals surface area contributed by atoms with E-state index in [-0.39, 0.29) is 48.0 Å². The van der Waals surface area contributed by atoms with Crippen molar-refractivity contribution in [1.29, 1.82) is 0 Å². The van der Waals surface area contributed by atoms with Crippen LogP contribution in [0.15, 0.2) is 29.2 Å². The fourth-order valence-electron chi connectivity index (χ4n) is 3.04. The van der Waals surface area contributed by atoms with Crippen LogP contribution in [0.5, 0.6) is 0 Å². The molecule has 2 N–H and O–H groups in total. The molecule has 0 spiro atoms. The number of benzene rings is 1. The quantitative estimate of drug-likeness (QED) is 0.430. The average molecular weight is 426 g/mol. The number of hydrogen-bond donors (Lipinski definition) is 2. The standard InChI is InChI=1S/C19H27N3O6S/c1-14(23)15-3-5-17(6-4-15)29(26,27)22-10-7-16(8-11-22)19(25)21-13-18(24)20-9-12-28-2/h3-6,16H,7-13H2,1-2H3,(H,20,24)(H,21,25). The van der Waals surface area contributed by atoms with Crippen LogP contribution < -0.4 is 10.6 Å². The van der Waals surface area contributed by atoms with E-state index in [1.165, 1.54) is 42.6 Å². The number of methoxy groups -OCH3 is 1. The number of amides is 2. The minimum absolute atomic E-state index is 0.121. The van der Waals surface area contributed by atoms with Crippen molar-refractivity contribution in [3.05, 3.63) is 29.8 Å². The zero-order chi connectivity index (χ0) is 21.4. The van der Waals surface area contributed by atoms with Crippen LogP contribution in [-0.4, -0.2) is 70.2 Å². The van der Waals surface area contributed by atoms with E-state index in [1.54, 1.807) is 0 Å². The Kier molecular flexibility index (Phi) is 8.30. The van der Waals surface area contributed by atoms with Gasteiger partial charge in [0.1, 0.15) is 0 Å². The van der Waals surface area contributed by atoms with Gasteiger partial charge >= 0.3 is 0 Å². The van der Waals surface area contributed by atoms with Gasteiger partial charge in [-0.05, 0) is 31.9 Å². The molecule has 1 aromatic rings. The van der Waals surface area contributed by atoms with Crippen LogP contribution in [0.1, 0.15) is 30.1 Å². The Bertz CT molecular complexity index is 830. The van der Waals surface area contributed by atoms with Gasteiger partial charge in [-0.25, -0.2) is 8.42 Å². The lowest BCUT2D eigenvalue weighted by Gasteiger charge is -2.30. The number of carbonyl (C=O) groups excluding carboxylic acids is 3. The molecule has 1 heterocycles. The summed E-state index contributed by atoms with van der Waals surface area (Å²) >= 11 is 0. The van der Waals surface area contributed by atoms with Gasteiger partial charge in [0.25, 0.3) is 0 Å². The fraction of sp³-hybridized carbons (Fsp3) is 0.526. The molecule has 29 heavy (non-hydrogen) atoms. The molecule has 0 atom stereocenters. The van der Waals surface area contributed by atoms with Gasteiger partial charge in [0, 0.05) is 38.2 Å². The largest absolute Gasteiger partial charge is 0.383 e. The second kappa shape index (κ2) is 10.5. The third kappa shape index (κ3) is 6.34. The first-order valence-corrected chi connectivity index (χ1v) is 10.8. The molecular formula is C19H27N3O6S. The molecule has 0 aliphatic carbocycles. The molecule has 1 aromatic carbocycles. The van der Waals surface area contributed by atoms with Crippen molar-refractivity contribution in [2.75, 3.05) is 39.9 Å². The minimum Gasteiger partial charge on any atom is -0.383 e. The Morgan fingerprint density at radius 3 is 2.28 bits per heavy atom. The highest BCUT2D eigenvalue weighted by Crippen LogP contribution is 2.24. The molecule has 0 aromatic heterocycles. The van der Waals surface area contributed by atoms with Gasteiger partial charge in [0.2, 0.25) is 21.8 Å². The minimum atomic E-state index is -3.68. The van der Waals surface area contributed by atoms with Gasteiger partial charge < -0.3 is 15.4 Å². The highest BCUT2D eigenvalue weighted by Gasteiger charge is 2.32. The Morgan fingerprint density at radius 1 is 1.10 bits per heavy atom. The lowest BCUT2D eigenvalue weighted by atomic mass is 9.97. The normalized spacial score (nSPS) is 15.7. The van der Waals surface area contributed by atoms with Gasteiger partial charge in [0.15, 0.2) is 5.78 Å². The Morgan fingerprint density at radius 2 is 1.72 bits per heavy atom. The molecule has 2 amide bonds. The summed E-state index contributed by atoms with van der Waals surface area (Å²) in [6, 6.07) is 5.83. The summed E-state index contributed by atoms with van der Waals surface area (Å²) in [7, 11) is -2.15. The first kappa shape index (κ1) is 23.0. The number of nitrogens with one attached hydrogen (secondary N) is 2. The van der Waals surface area contributed by atoms with Crippen LogP contribution in [0.25, 0.3) is 0 Å². The molecule has 1 fully saturated rings. The molecule has 0 bridgehead atoms. The summed E-state index contributed by atoms with van der Waals surface area (Å²) in [6.45, 7) is 2.49. The number of piperidine rings is 1. The van der Waals surface area contributed by atoms with E-state index in [0.717, 1.165) is 0 Å². The molecular weight excluding hydrogens is 398 g/mol. The topological polar surface area (TPSA) is 122 Å². The number of sulfonamides is 1. The summed E-state index contributed by atoms with van der Waals surface area (Å²) in [5.41, 5.74) is 0.450. The van der Waals surface area contributed by atoms with E-state index in [1.807, 2.05) is 0 Å². The highest BCUT2D eigenvalue weighted by molar-refractivity contribution is 7.89. The highest BCUT2D eigenvalue weighted by atomic mass is 32.2. The number of hydrogen-bond acceptors (Lipinski definition) is 6. The fourth-order valence-corrected chi connectivity index (χ4v) is 4.51. The second-order valence-corrected chi connectivity index (χ2v) is 8.76. The molecule has 2 rings (SSSR count). The molecule has 1 aliphatic rings. The molecule has 1 saturated heterocycles. The number of rotatable bonds is 9. The van der Waals surface area contributed by atoms with Gasteiger partial charge in [0.05, 0.1) is 18.0 Å². The smallest absolute Gasteiger partial charge is 0.243 e. The molecule has 0 unspecified atom stereocenters. The predicted octanol–water partition coefficient (Wildman–Crippen LogP) is 0.169. The Balaban J connectivity index is 1.85. The van der Waals surface area contributed by atoms with Crippen molar-refractivity contribution in [2.45, 2.75) is 24.7 Å². The lowest BCUT2D eigenvalue weighted by Crippen LogP contribution is -2.45. The summed E-state index contributed by atoms with van der Waals surface area (Å²) in [5.74, 6) is -1.03. The predicted molar refractivity (Wildman–Crippen MR) is 106 cm³/mol. The van der Waals surface area contributed by atoms with Crippen molar-refractivity contribution >= 4 is 27.6 Å². The van der Waals surface area contributed by atoms with Crippen molar-refractivity contribution in [2.24, 2.45) is 5.92 Å². The third-order valence-corrected chi connectivity index (χ3v) is 6.69. The van der Waals surface area contributed by atoms with Gasteiger partial charge in [-0.1, -0.05) is 12.1 Å². The zero-order valence-electron chi connectivity index (χ0n) is 16.6. The first-order chi connectivity index (χ1) is 13.8. The van der Waals surface area contributed by atoms with Crippen LogP contribution in [0.2, 0.25) is 0 Å². The first-order valence-electron chi connectivity index (χ1n) is 9.40. The van der Waals surface area contributed by atoms with Crippen LogP contribution in [0.3, 0.4) is 0 Å². The number of nitrogens with zero attached hydrogens (tertiary/aromatic N) is 1. The van der Waals surface area contributed by atoms with E-state index < -0.39 is 10.0 Å². The van der Waals surface area contributed by atoms with Gasteiger partial charge in [-0.2, -0.15) is 4.31 Å². The van der Waals surface area contributed by atoms with Crippen LogP contribution in [-0.2, 0) is 24.3 Å². The zero-order valence-corrected chi connectivity index (χ0v) is 17.5. The molecule has 1 aliphatic heterocycles. The van der Waals surface area contributed by atoms with Crippen molar-refractivity contribution in [1.82, 2.24) is 14.9 Å². The maximum atomic E-state index is 12.8. The number of ketones is 1. The van der Waals surface area contributed by atoms with Gasteiger partial charge in [-0.15, -0.1) is 0 Å². The second-order valence-electron chi connectivity index (χ2n) is 6.82. The van der Waals surface area contributed by atoms with Crippen LogP contribution >= 0.6 is 0 Å². The van der Waals surface area contributed by atoms with E-state index in [9.17, 15) is 22.8 Å². The SMILES string of the molecule is COCCNC(=O)CNC(=O)C1CCN(S(=O)(=O)c2ccc(C(C)=O)cc2)CC1. The van der Waals surface area contributed by atoms with Crippen molar-refractivity contribution < 1.29 is 27.5 Å². The summed E-state index contributed by atoms with van der Waals surface area (Å²) in [4.78, 5) is 35.3. The molecule has 0 radical (unpaired) electrons. The third-order valence-electron chi connectivity index (χ3n) is 4.77. The maximum absolute atomic E-state index is 12.8. The Hall–Kier alpha value is -2.30. The van der Waals surface area contributed by atoms with Gasteiger partial charge in [-0.3, -0.25) is 14.4 Å². The number of carbonyl (C=O) groups is 3. The van der Waals surface area contributed by atoms with E-state index in [2.05, 4.69) is 10.6 Å². The number of ether oxygens (including phenoxy) is 1. The number of Topliss-reactive ketones (excluding diaryl/α,β-unsaturated/α-hetero) is 1. The molecule has 9 nitrogen and oxygen atoms in total. The lowest BCUT2D eigenvalue weighted by molar-refractivity contribution is -0.129. The van der Waals surface area contributed by atoms with Crippen LogP contribution in [0.4, 0.5) is 0 Å².